The van der Waals surface area contributed by atoms with Crippen LogP contribution in [0.15, 0.2) is 24.3 Å². The largest absolute Gasteiger partial charge is 0.490 e. The Labute approximate surface area is 110 Å². The number of fused-ring (bicyclic) bond motifs is 1. The molecule has 19 heavy (non-hydrogen) atoms. The molecule has 0 radical (unpaired) electrons. The van der Waals surface area contributed by atoms with Crippen molar-refractivity contribution in [1.29, 1.82) is 5.26 Å². The van der Waals surface area contributed by atoms with Crippen LogP contribution in [-0.2, 0) is 9.59 Å². The van der Waals surface area contributed by atoms with Crippen LogP contribution in [0.25, 0.3) is 0 Å². The Morgan fingerprint density at radius 2 is 1.95 bits per heavy atom. The molecule has 1 heterocycles. The summed E-state index contributed by atoms with van der Waals surface area (Å²) in [7, 11) is 0. The molecule has 96 valence electrons. The highest BCUT2D eigenvalue weighted by Crippen LogP contribution is 2.46. The van der Waals surface area contributed by atoms with Crippen molar-refractivity contribution in [3.8, 4) is 11.8 Å². The summed E-state index contributed by atoms with van der Waals surface area (Å²) in [4.78, 5) is 24.7. The fourth-order valence-corrected chi connectivity index (χ4v) is 2.40. The van der Waals surface area contributed by atoms with Crippen LogP contribution in [0.2, 0.25) is 0 Å². The third-order valence-corrected chi connectivity index (χ3v) is 3.54. The lowest BCUT2D eigenvalue weighted by Crippen LogP contribution is -2.36. The summed E-state index contributed by atoms with van der Waals surface area (Å²) >= 11 is 0. The predicted octanol–water partition coefficient (Wildman–Crippen LogP) is 0.942. The first-order valence-corrected chi connectivity index (χ1v) is 6.19. The lowest BCUT2D eigenvalue weighted by molar-refractivity contribution is -0.141. The summed E-state index contributed by atoms with van der Waals surface area (Å²) in [5.41, 5.74) is 0.449. The summed E-state index contributed by atoms with van der Waals surface area (Å²) in [6.45, 7) is 0.472. The molecule has 2 fully saturated rings. The second-order valence-electron chi connectivity index (χ2n) is 4.73. The Morgan fingerprint density at radius 3 is 2.63 bits per heavy atom. The van der Waals surface area contributed by atoms with E-state index in [1.807, 2.05) is 6.07 Å². The zero-order valence-corrected chi connectivity index (χ0v) is 10.2. The number of carbonyl (C=O) groups is 2. The topological polar surface area (TPSA) is 70.4 Å². The summed E-state index contributed by atoms with van der Waals surface area (Å²) in [5.74, 6) is 0.186. The lowest BCUT2D eigenvalue weighted by atomic mass is 10.2. The number of rotatable bonds is 4. The van der Waals surface area contributed by atoms with Crippen LogP contribution in [-0.4, -0.2) is 29.9 Å². The van der Waals surface area contributed by atoms with Crippen LogP contribution in [0.3, 0.4) is 0 Å². The van der Waals surface area contributed by atoms with Gasteiger partial charge in [0.25, 0.3) is 0 Å². The van der Waals surface area contributed by atoms with Gasteiger partial charge in [0.15, 0.2) is 0 Å². The minimum Gasteiger partial charge on any atom is -0.490 e. The van der Waals surface area contributed by atoms with Crippen molar-refractivity contribution < 1.29 is 14.3 Å². The molecule has 2 atom stereocenters. The van der Waals surface area contributed by atoms with Gasteiger partial charge in [-0.3, -0.25) is 14.5 Å². The van der Waals surface area contributed by atoms with E-state index in [0.29, 0.717) is 17.7 Å². The molecule has 0 spiro atoms. The van der Waals surface area contributed by atoms with Gasteiger partial charge in [-0.1, -0.05) is 12.1 Å². The third-order valence-electron chi connectivity index (χ3n) is 3.54. The van der Waals surface area contributed by atoms with Crippen molar-refractivity contribution in [2.75, 3.05) is 13.2 Å². The van der Waals surface area contributed by atoms with Crippen LogP contribution in [0, 0.1) is 23.2 Å². The fourth-order valence-electron chi connectivity index (χ4n) is 2.40. The SMILES string of the molecule is N#Cc1ccccc1OCCN1C(=O)C2CC2C1=O. The summed E-state index contributed by atoms with van der Waals surface area (Å²) < 4.78 is 5.47. The van der Waals surface area contributed by atoms with Crippen molar-refractivity contribution in [3.63, 3.8) is 0 Å². The molecular weight excluding hydrogens is 244 g/mol. The number of nitriles is 1. The number of ether oxygens (including phenoxy) is 1. The summed E-state index contributed by atoms with van der Waals surface area (Å²) in [6, 6.07) is 8.93. The molecule has 2 aliphatic rings. The van der Waals surface area contributed by atoms with Crippen LogP contribution in [0.1, 0.15) is 12.0 Å². The Bertz CT molecular complexity index is 571. The second-order valence-corrected chi connectivity index (χ2v) is 4.73. The van der Waals surface area contributed by atoms with Gasteiger partial charge in [-0.25, -0.2) is 0 Å². The first-order valence-electron chi connectivity index (χ1n) is 6.19. The maximum absolute atomic E-state index is 11.7. The Balaban J connectivity index is 1.58. The molecule has 1 aliphatic carbocycles. The number of hydrogen-bond donors (Lipinski definition) is 0. The third kappa shape index (κ3) is 1.95. The minimum atomic E-state index is -0.0767. The predicted molar refractivity (Wildman–Crippen MR) is 65.0 cm³/mol. The monoisotopic (exact) mass is 256 g/mol. The highest BCUT2D eigenvalue weighted by molar-refractivity contribution is 6.08. The molecule has 3 rings (SSSR count). The van der Waals surface area contributed by atoms with Gasteiger partial charge in [0.1, 0.15) is 18.4 Å². The van der Waals surface area contributed by atoms with E-state index in [1.165, 1.54) is 4.90 Å². The van der Waals surface area contributed by atoms with E-state index in [4.69, 9.17) is 10.00 Å². The van der Waals surface area contributed by atoms with Gasteiger partial charge in [0.05, 0.1) is 23.9 Å². The van der Waals surface area contributed by atoms with Gasteiger partial charge in [-0.15, -0.1) is 0 Å². The van der Waals surface area contributed by atoms with Crippen LogP contribution in [0.4, 0.5) is 0 Å². The molecule has 1 aliphatic heterocycles. The van der Waals surface area contributed by atoms with E-state index < -0.39 is 0 Å². The molecule has 2 unspecified atom stereocenters. The second kappa shape index (κ2) is 4.39. The maximum atomic E-state index is 11.7. The molecule has 0 N–H and O–H groups in total. The molecule has 2 amide bonds. The number of carbonyl (C=O) groups excluding carboxylic acids is 2. The van der Waals surface area contributed by atoms with Crippen molar-refractivity contribution in [1.82, 2.24) is 4.90 Å². The molecule has 1 saturated heterocycles. The van der Waals surface area contributed by atoms with Crippen LogP contribution < -0.4 is 4.74 Å². The fraction of sp³-hybridized carbons (Fsp3) is 0.357. The number of amides is 2. The molecular formula is C14H12N2O3. The number of likely N-dealkylation sites (tertiary alicyclic amines) is 1. The van der Waals surface area contributed by atoms with Gasteiger partial charge >= 0.3 is 0 Å². The highest BCUT2D eigenvalue weighted by Gasteiger charge is 2.58. The van der Waals surface area contributed by atoms with Crippen molar-refractivity contribution >= 4 is 11.8 Å². The van der Waals surface area contributed by atoms with Gasteiger partial charge in [0.2, 0.25) is 11.8 Å². The number of hydrogen-bond acceptors (Lipinski definition) is 4. The summed E-state index contributed by atoms with van der Waals surface area (Å²) in [5, 5.41) is 8.91. The minimum absolute atomic E-state index is 0.0705. The summed E-state index contributed by atoms with van der Waals surface area (Å²) in [6.07, 6.45) is 0.715. The van der Waals surface area contributed by atoms with E-state index in [-0.39, 0.29) is 36.8 Å². The number of para-hydroxylation sites is 1. The number of imide groups is 1. The molecule has 1 aromatic carbocycles. The normalized spacial score (nSPS) is 24.1. The standard InChI is InChI=1S/C14H12N2O3/c15-8-9-3-1-2-4-12(9)19-6-5-16-13(17)10-7-11(10)14(16)18/h1-4,10-11H,5-7H2. The quantitative estimate of drug-likeness (QED) is 0.752. The first kappa shape index (κ1) is 11.7. The molecule has 1 saturated carbocycles. The molecule has 1 aromatic rings. The molecule has 0 bridgehead atoms. The first-order chi connectivity index (χ1) is 9.22. The number of benzene rings is 1. The average Bonchev–Trinajstić information content (AvgIpc) is 3.19. The van der Waals surface area contributed by atoms with E-state index in [0.717, 1.165) is 0 Å². The van der Waals surface area contributed by atoms with Crippen molar-refractivity contribution in [2.45, 2.75) is 6.42 Å². The van der Waals surface area contributed by atoms with Crippen LogP contribution in [0.5, 0.6) is 5.75 Å². The smallest absolute Gasteiger partial charge is 0.233 e. The van der Waals surface area contributed by atoms with Crippen molar-refractivity contribution in [2.24, 2.45) is 11.8 Å². The molecule has 5 heteroatoms. The maximum Gasteiger partial charge on any atom is 0.233 e. The van der Waals surface area contributed by atoms with Crippen LogP contribution >= 0.6 is 0 Å². The Hall–Kier alpha value is -2.35. The Kier molecular flexibility index (Phi) is 2.71. The van der Waals surface area contributed by atoms with E-state index in [2.05, 4.69) is 0 Å². The van der Waals surface area contributed by atoms with Gasteiger partial charge in [-0.05, 0) is 18.6 Å². The molecule has 5 nitrogen and oxygen atoms in total. The van der Waals surface area contributed by atoms with Crippen molar-refractivity contribution in [3.05, 3.63) is 29.8 Å². The highest BCUT2D eigenvalue weighted by atomic mass is 16.5. The van der Waals surface area contributed by atoms with E-state index in [1.54, 1.807) is 24.3 Å². The lowest BCUT2D eigenvalue weighted by Gasteiger charge is -2.16. The molecule has 0 aromatic heterocycles. The number of piperidine rings is 1. The van der Waals surface area contributed by atoms with E-state index in [9.17, 15) is 9.59 Å². The van der Waals surface area contributed by atoms with E-state index >= 15 is 0 Å². The Morgan fingerprint density at radius 1 is 1.26 bits per heavy atom. The zero-order chi connectivity index (χ0) is 13.4. The van der Waals surface area contributed by atoms with Gasteiger partial charge < -0.3 is 4.74 Å². The average molecular weight is 256 g/mol. The number of nitrogens with zero attached hydrogens (tertiary/aromatic N) is 2. The zero-order valence-electron chi connectivity index (χ0n) is 10.2. The van der Waals surface area contributed by atoms with Gasteiger partial charge in [0, 0.05) is 0 Å². The van der Waals surface area contributed by atoms with Gasteiger partial charge in [-0.2, -0.15) is 5.26 Å².